The number of nitrogens with two attached hydrogens (primary N) is 1. The smallest absolute Gasteiger partial charge is 0.305 e. The Balaban J connectivity index is 1.90. The topological polar surface area (TPSA) is 42.9 Å². The lowest BCUT2D eigenvalue weighted by Crippen LogP contribution is -2.85. The van der Waals surface area contributed by atoms with E-state index >= 15 is 0 Å². The Kier molecular flexibility index (Phi) is 8.96. The Labute approximate surface area is 165 Å². The van der Waals surface area contributed by atoms with E-state index in [-0.39, 0.29) is 12.0 Å². The molecule has 0 bridgehead atoms. The van der Waals surface area contributed by atoms with Crippen LogP contribution in [0.5, 0.6) is 0 Å². The molecule has 3 nitrogen and oxygen atoms in total. The average molecular weight is 395 g/mol. The lowest BCUT2D eigenvalue weighted by Gasteiger charge is -2.17. The fourth-order valence-corrected chi connectivity index (χ4v) is 3.16. The van der Waals surface area contributed by atoms with Crippen LogP contribution in [-0.4, -0.2) is 19.1 Å². The van der Waals surface area contributed by atoms with Crippen LogP contribution in [0.3, 0.4) is 0 Å². The first-order valence-corrected chi connectivity index (χ1v) is 9.85. The minimum absolute atomic E-state index is 0.100. The number of hydrogen-bond acceptors (Lipinski definition) is 2. The van der Waals surface area contributed by atoms with Crippen LogP contribution in [0.15, 0.2) is 48.5 Å². The number of ether oxygens (including phenoxy) is 1. The summed E-state index contributed by atoms with van der Waals surface area (Å²) in [6, 6.07) is 16.2. The monoisotopic (exact) mass is 394 g/mol. The minimum atomic E-state index is -0.100. The second-order valence-electron chi connectivity index (χ2n) is 6.22. The van der Waals surface area contributed by atoms with Gasteiger partial charge in [-0.1, -0.05) is 47.5 Å². The van der Waals surface area contributed by atoms with Gasteiger partial charge in [0.15, 0.2) is 0 Å². The molecule has 0 unspecified atom stereocenters. The highest BCUT2D eigenvalue weighted by molar-refractivity contribution is 6.30. The van der Waals surface area contributed by atoms with Crippen LogP contribution in [0.1, 0.15) is 49.8 Å². The van der Waals surface area contributed by atoms with E-state index < -0.39 is 0 Å². The molecule has 0 atom stereocenters. The van der Waals surface area contributed by atoms with Crippen molar-refractivity contribution in [3.8, 4) is 0 Å². The maximum Gasteiger partial charge on any atom is 0.305 e. The van der Waals surface area contributed by atoms with Crippen molar-refractivity contribution in [2.75, 3.05) is 13.2 Å². The van der Waals surface area contributed by atoms with Crippen molar-refractivity contribution < 1.29 is 14.8 Å². The lowest BCUT2D eigenvalue weighted by molar-refractivity contribution is -0.687. The van der Waals surface area contributed by atoms with Gasteiger partial charge in [-0.25, -0.2) is 0 Å². The number of quaternary nitrogens is 1. The zero-order valence-electron chi connectivity index (χ0n) is 15.1. The quantitative estimate of drug-likeness (QED) is 0.465. The van der Waals surface area contributed by atoms with Crippen LogP contribution in [0.4, 0.5) is 0 Å². The summed E-state index contributed by atoms with van der Waals surface area (Å²) in [5, 5.41) is 3.81. The van der Waals surface area contributed by atoms with Gasteiger partial charge in [-0.2, -0.15) is 0 Å². The van der Waals surface area contributed by atoms with E-state index in [4.69, 9.17) is 27.9 Å². The second kappa shape index (κ2) is 11.2. The molecule has 0 saturated carbocycles. The molecule has 0 heterocycles. The standard InChI is InChI=1S/C21H25Cl2NO2/c1-2-26-20(25)6-4-3-5-15-24-21(16-7-11-18(22)12-8-16)17-9-13-19(23)14-10-17/h7-14,21,24H,2-6,15H2,1H3/p+1. The van der Waals surface area contributed by atoms with Crippen molar-refractivity contribution in [1.82, 2.24) is 0 Å². The van der Waals surface area contributed by atoms with E-state index in [1.807, 2.05) is 31.2 Å². The number of benzene rings is 2. The number of carbonyl (C=O) groups excluding carboxylic acids is 1. The summed E-state index contributed by atoms with van der Waals surface area (Å²) < 4.78 is 4.95. The molecule has 2 aromatic carbocycles. The molecular formula is C21H26Cl2NO2+. The van der Waals surface area contributed by atoms with E-state index in [0.29, 0.717) is 13.0 Å². The molecule has 2 rings (SSSR count). The van der Waals surface area contributed by atoms with E-state index in [2.05, 4.69) is 29.6 Å². The molecular weight excluding hydrogens is 369 g/mol. The molecule has 2 aromatic rings. The number of rotatable bonds is 10. The molecule has 0 aliphatic carbocycles. The van der Waals surface area contributed by atoms with Crippen molar-refractivity contribution in [1.29, 1.82) is 0 Å². The van der Waals surface area contributed by atoms with Gasteiger partial charge < -0.3 is 10.1 Å². The summed E-state index contributed by atoms with van der Waals surface area (Å²) in [7, 11) is 0. The van der Waals surface area contributed by atoms with Crippen molar-refractivity contribution in [3.05, 3.63) is 69.7 Å². The molecule has 0 aliphatic rings. The molecule has 0 spiro atoms. The summed E-state index contributed by atoms with van der Waals surface area (Å²) in [6.07, 6.45) is 3.45. The third kappa shape index (κ3) is 6.99. The lowest BCUT2D eigenvalue weighted by atomic mass is 9.98. The first-order valence-electron chi connectivity index (χ1n) is 9.10. The summed E-state index contributed by atoms with van der Waals surface area (Å²) in [6.45, 7) is 3.27. The third-order valence-electron chi connectivity index (χ3n) is 4.25. The van der Waals surface area contributed by atoms with Crippen LogP contribution in [0.2, 0.25) is 10.0 Å². The predicted molar refractivity (Wildman–Crippen MR) is 107 cm³/mol. The molecule has 0 amide bonds. The summed E-state index contributed by atoms with van der Waals surface area (Å²) >= 11 is 12.1. The van der Waals surface area contributed by atoms with Gasteiger partial charge in [-0.15, -0.1) is 0 Å². The van der Waals surface area contributed by atoms with E-state index in [0.717, 1.165) is 35.9 Å². The van der Waals surface area contributed by atoms with Gasteiger partial charge >= 0.3 is 5.97 Å². The van der Waals surface area contributed by atoms with E-state index in [1.165, 1.54) is 11.1 Å². The van der Waals surface area contributed by atoms with Gasteiger partial charge in [0.25, 0.3) is 0 Å². The highest BCUT2D eigenvalue weighted by Gasteiger charge is 2.17. The van der Waals surface area contributed by atoms with Crippen molar-refractivity contribution >= 4 is 29.2 Å². The number of hydrogen-bond donors (Lipinski definition) is 1. The van der Waals surface area contributed by atoms with Gasteiger partial charge in [-0.05, 0) is 50.5 Å². The Morgan fingerprint density at radius 3 is 1.96 bits per heavy atom. The second-order valence-corrected chi connectivity index (χ2v) is 7.09. The Bertz CT molecular complexity index is 626. The number of unbranched alkanes of at least 4 members (excludes halogenated alkanes) is 2. The van der Waals surface area contributed by atoms with Gasteiger partial charge in [0.1, 0.15) is 6.04 Å². The van der Waals surface area contributed by atoms with Crippen LogP contribution in [0.25, 0.3) is 0 Å². The number of esters is 1. The molecule has 0 aromatic heterocycles. The summed E-state index contributed by atoms with van der Waals surface area (Å²) in [5.41, 5.74) is 2.42. The fraction of sp³-hybridized carbons (Fsp3) is 0.381. The van der Waals surface area contributed by atoms with Gasteiger partial charge in [0, 0.05) is 27.6 Å². The predicted octanol–water partition coefficient (Wildman–Crippen LogP) is 4.77. The maximum absolute atomic E-state index is 11.4. The molecule has 0 radical (unpaired) electrons. The molecule has 5 heteroatoms. The van der Waals surface area contributed by atoms with Crippen LogP contribution in [0, 0.1) is 0 Å². The summed E-state index contributed by atoms with van der Waals surface area (Å²) in [4.78, 5) is 11.4. The first-order chi connectivity index (χ1) is 12.6. The van der Waals surface area contributed by atoms with E-state index in [1.54, 1.807) is 0 Å². The van der Waals surface area contributed by atoms with Crippen molar-refractivity contribution in [2.45, 2.75) is 38.6 Å². The summed E-state index contributed by atoms with van der Waals surface area (Å²) in [5.74, 6) is -0.100. The van der Waals surface area contributed by atoms with Crippen molar-refractivity contribution in [3.63, 3.8) is 0 Å². The number of carbonyl (C=O) groups is 1. The average Bonchev–Trinajstić information content (AvgIpc) is 2.63. The zero-order chi connectivity index (χ0) is 18.8. The number of halogens is 2. The van der Waals surface area contributed by atoms with Crippen LogP contribution >= 0.6 is 23.2 Å². The van der Waals surface area contributed by atoms with Crippen molar-refractivity contribution in [2.24, 2.45) is 0 Å². The minimum Gasteiger partial charge on any atom is -0.466 e. The SMILES string of the molecule is CCOC(=O)CCCCC[NH2+]C(c1ccc(Cl)cc1)c1ccc(Cl)cc1. The molecule has 0 fully saturated rings. The first kappa shape index (κ1) is 20.8. The highest BCUT2D eigenvalue weighted by Crippen LogP contribution is 2.22. The highest BCUT2D eigenvalue weighted by atomic mass is 35.5. The van der Waals surface area contributed by atoms with Gasteiger partial charge in [-0.3, -0.25) is 4.79 Å². The molecule has 0 aliphatic heterocycles. The molecule has 140 valence electrons. The zero-order valence-corrected chi connectivity index (χ0v) is 16.6. The fourth-order valence-electron chi connectivity index (χ4n) is 2.91. The largest absolute Gasteiger partial charge is 0.466 e. The Morgan fingerprint density at radius 1 is 0.923 bits per heavy atom. The van der Waals surface area contributed by atoms with Crippen LogP contribution < -0.4 is 5.32 Å². The maximum atomic E-state index is 11.4. The third-order valence-corrected chi connectivity index (χ3v) is 4.75. The molecule has 0 saturated heterocycles. The molecule has 2 N–H and O–H groups in total. The Hall–Kier alpha value is -1.55. The van der Waals surface area contributed by atoms with E-state index in [9.17, 15) is 4.79 Å². The van der Waals surface area contributed by atoms with Gasteiger partial charge in [0.2, 0.25) is 0 Å². The normalized spacial score (nSPS) is 10.9. The molecule has 26 heavy (non-hydrogen) atoms. The Morgan fingerprint density at radius 2 is 1.46 bits per heavy atom. The van der Waals surface area contributed by atoms with Gasteiger partial charge in [0.05, 0.1) is 13.2 Å². The van der Waals surface area contributed by atoms with Crippen LogP contribution in [-0.2, 0) is 9.53 Å².